The quantitative estimate of drug-likeness (QED) is 0.828. The summed E-state index contributed by atoms with van der Waals surface area (Å²) in [6, 6.07) is 12.1. The van der Waals surface area contributed by atoms with Gasteiger partial charge in [0.1, 0.15) is 17.6 Å². The monoisotopic (exact) mass is 352 g/mol. The van der Waals surface area contributed by atoms with Gasteiger partial charge in [0, 0.05) is 31.1 Å². The van der Waals surface area contributed by atoms with Crippen LogP contribution in [0.25, 0.3) is 0 Å². The Balaban J connectivity index is 1.35. The van der Waals surface area contributed by atoms with E-state index >= 15 is 0 Å². The van der Waals surface area contributed by atoms with Crippen molar-refractivity contribution in [3.63, 3.8) is 0 Å². The van der Waals surface area contributed by atoms with E-state index in [1.54, 1.807) is 12.4 Å². The van der Waals surface area contributed by atoms with Crippen LogP contribution in [0.5, 0.6) is 11.5 Å². The molecule has 3 heterocycles. The topological polar surface area (TPSA) is 51.7 Å². The first-order valence-corrected chi connectivity index (χ1v) is 9.27. The summed E-state index contributed by atoms with van der Waals surface area (Å²) in [5.41, 5.74) is 1.05. The van der Waals surface area contributed by atoms with Gasteiger partial charge in [-0.15, -0.1) is 0 Å². The lowest BCUT2D eigenvalue weighted by Crippen LogP contribution is -2.50. The van der Waals surface area contributed by atoms with Crippen LogP contribution in [-0.2, 0) is 4.79 Å². The third kappa shape index (κ3) is 3.52. The molecule has 5 heteroatoms. The molecule has 1 aromatic heterocycles. The molecule has 2 aliphatic heterocycles. The largest absolute Gasteiger partial charge is 0.489 e. The number of carbonyl (C=O) groups excluding carboxylic acids is 1. The Kier molecular flexibility index (Phi) is 4.78. The number of hydrogen-bond acceptors (Lipinski definition) is 4. The fourth-order valence-electron chi connectivity index (χ4n) is 4.17. The minimum absolute atomic E-state index is 0.0839. The van der Waals surface area contributed by atoms with Gasteiger partial charge in [-0.25, -0.2) is 0 Å². The second kappa shape index (κ2) is 7.36. The number of aryl methyl sites for hydroxylation is 1. The number of amides is 1. The molecule has 0 aliphatic carbocycles. The standard InChI is InChI=1S/C21H24N2O3/c1-15-5-2-3-7-20(15)25-14-21(24)23-16-8-9-17(23)12-19(11-16)26-18-6-4-10-22-13-18/h2-7,10,13,16-17,19H,8-9,11-12,14H2,1H3. The maximum Gasteiger partial charge on any atom is 0.261 e. The van der Waals surface area contributed by atoms with Crippen molar-refractivity contribution in [2.45, 2.75) is 50.8 Å². The predicted octanol–water partition coefficient (Wildman–Crippen LogP) is 3.37. The van der Waals surface area contributed by atoms with Crippen molar-refractivity contribution in [1.29, 1.82) is 0 Å². The SMILES string of the molecule is Cc1ccccc1OCC(=O)N1C2CCC1CC(Oc1cccnc1)C2. The molecule has 5 nitrogen and oxygen atoms in total. The van der Waals surface area contributed by atoms with E-state index in [0.717, 1.165) is 42.7 Å². The Morgan fingerprint density at radius 1 is 1.15 bits per heavy atom. The summed E-state index contributed by atoms with van der Waals surface area (Å²) in [6.45, 7) is 2.09. The van der Waals surface area contributed by atoms with Crippen LogP contribution >= 0.6 is 0 Å². The molecule has 2 aromatic rings. The summed E-state index contributed by atoms with van der Waals surface area (Å²) in [5.74, 6) is 1.67. The highest BCUT2D eigenvalue weighted by Gasteiger charge is 2.44. The normalized spacial score (nSPS) is 24.3. The summed E-state index contributed by atoms with van der Waals surface area (Å²) < 4.78 is 11.8. The lowest BCUT2D eigenvalue weighted by molar-refractivity contribution is -0.139. The average molecular weight is 352 g/mol. The van der Waals surface area contributed by atoms with Crippen LogP contribution in [0.3, 0.4) is 0 Å². The molecule has 4 rings (SSSR count). The van der Waals surface area contributed by atoms with E-state index in [9.17, 15) is 4.79 Å². The molecule has 0 spiro atoms. The summed E-state index contributed by atoms with van der Waals surface area (Å²) in [6.07, 6.45) is 7.49. The van der Waals surface area contributed by atoms with E-state index < -0.39 is 0 Å². The molecular formula is C21H24N2O3. The zero-order valence-electron chi connectivity index (χ0n) is 15.0. The van der Waals surface area contributed by atoms with Crippen LogP contribution in [0.1, 0.15) is 31.2 Å². The van der Waals surface area contributed by atoms with Gasteiger partial charge < -0.3 is 14.4 Å². The number of fused-ring (bicyclic) bond motifs is 2. The molecule has 26 heavy (non-hydrogen) atoms. The van der Waals surface area contributed by atoms with Crippen LogP contribution in [0.2, 0.25) is 0 Å². The van der Waals surface area contributed by atoms with E-state index in [2.05, 4.69) is 4.98 Å². The number of rotatable bonds is 5. The van der Waals surface area contributed by atoms with Crippen molar-refractivity contribution in [3.8, 4) is 11.5 Å². The van der Waals surface area contributed by atoms with Gasteiger partial charge in [0.25, 0.3) is 5.91 Å². The van der Waals surface area contributed by atoms with Crippen molar-refractivity contribution in [1.82, 2.24) is 9.88 Å². The molecule has 2 fully saturated rings. The molecule has 0 saturated carbocycles. The zero-order chi connectivity index (χ0) is 17.9. The fourth-order valence-corrected chi connectivity index (χ4v) is 4.17. The van der Waals surface area contributed by atoms with Crippen LogP contribution < -0.4 is 9.47 Å². The average Bonchev–Trinajstić information content (AvgIpc) is 2.93. The zero-order valence-corrected chi connectivity index (χ0v) is 15.0. The Bertz CT molecular complexity index is 751. The van der Waals surface area contributed by atoms with Crippen LogP contribution in [0.4, 0.5) is 0 Å². The lowest BCUT2D eigenvalue weighted by atomic mass is 9.99. The first kappa shape index (κ1) is 16.9. The number of piperidine rings is 1. The van der Waals surface area contributed by atoms with E-state index in [4.69, 9.17) is 9.47 Å². The Morgan fingerprint density at radius 3 is 2.62 bits per heavy atom. The van der Waals surface area contributed by atoms with Gasteiger partial charge in [0.2, 0.25) is 0 Å². The summed E-state index contributed by atoms with van der Waals surface area (Å²) in [5, 5.41) is 0. The summed E-state index contributed by atoms with van der Waals surface area (Å²) >= 11 is 0. The highest BCUT2D eigenvalue weighted by Crippen LogP contribution is 2.37. The number of nitrogens with zero attached hydrogens (tertiary/aromatic N) is 2. The van der Waals surface area contributed by atoms with Gasteiger partial charge in [-0.3, -0.25) is 9.78 Å². The number of para-hydroxylation sites is 1. The number of benzene rings is 1. The molecule has 2 atom stereocenters. The van der Waals surface area contributed by atoms with E-state index in [0.29, 0.717) is 0 Å². The van der Waals surface area contributed by atoms with E-state index in [1.807, 2.05) is 48.2 Å². The molecule has 2 unspecified atom stereocenters. The van der Waals surface area contributed by atoms with Gasteiger partial charge in [-0.1, -0.05) is 18.2 Å². The third-order valence-electron chi connectivity index (χ3n) is 5.36. The third-order valence-corrected chi connectivity index (χ3v) is 5.36. The maximum atomic E-state index is 12.8. The molecule has 1 amide bonds. The molecule has 2 aliphatic rings. The van der Waals surface area contributed by atoms with Gasteiger partial charge in [-0.2, -0.15) is 0 Å². The Labute approximate surface area is 153 Å². The Hall–Kier alpha value is -2.56. The van der Waals surface area contributed by atoms with Crippen molar-refractivity contribution < 1.29 is 14.3 Å². The number of ether oxygens (including phenoxy) is 2. The first-order chi connectivity index (χ1) is 12.7. The number of carbonyl (C=O) groups is 1. The van der Waals surface area contributed by atoms with Gasteiger partial charge in [-0.05, 0) is 43.5 Å². The molecule has 2 saturated heterocycles. The van der Waals surface area contributed by atoms with E-state index in [1.165, 1.54) is 0 Å². The van der Waals surface area contributed by atoms with Gasteiger partial charge >= 0.3 is 0 Å². The second-order valence-corrected chi connectivity index (χ2v) is 7.14. The van der Waals surface area contributed by atoms with Crippen LogP contribution in [0, 0.1) is 6.92 Å². The highest BCUT2D eigenvalue weighted by atomic mass is 16.5. The molecule has 136 valence electrons. The number of hydrogen-bond donors (Lipinski definition) is 0. The minimum atomic E-state index is 0.0839. The van der Waals surface area contributed by atoms with Crippen LogP contribution in [0.15, 0.2) is 48.8 Å². The molecule has 2 bridgehead atoms. The minimum Gasteiger partial charge on any atom is -0.489 e. The summed E-state index contributed by atoms with van der Waals surface area (Å²) in [7, 11) is 0. The second-order valence-electron chi connectivity index (χ2n) is 7.14. The molecule has 0 N–H and O–H groups in total. The smallest absolute Gasteiger partial charge is 0.261 e. The fraction of sp³-hybridized carbons (Fsp3) is 0.429. The molecule has 0 radical (unpaired) electrons. The summed E-state index contributed by atoms with van der Waals surface area (Å²) in [4.78, 5) is 18.9. The van der Waals surface area contributed by atoms with Crippen molar-refractivity contribution >= 4 is 5.91 Å². The van der Waals surface area contributed by atoms with E-state index in [-0.39, 0.29) is 30.7 Å². The van der Waals surface area contributed by atoms with Crippen LogP contribution in [-0.4, -0.2) is 40.6 Å². The number of aromatic nitrogens is 1. The van der Waals surface area contributed by atoms with Gasteiger partial charge in [0.15, 0.2) is 6.61 Å². The molecular weight excluding hydrogens is 328 g/mol. The lowest BCUT2D eigenvalue weighted by Gasteiger charge is -2.38. The predicted molar refractivity (Wildman–Crippen MR) is 98.2 cm³/mol. The van der Waals surface area contributed by atoms with Gasteiger partial charge in [0.05, 0.1) is 6.20 Å². The first-order valence-electron chi connectivity index (χ1n) is 9.27. The number of pyridine rings is 1. The van der Waals surface area contributed by atoms with Crippen molar-refractivity contribution in [2.75, 3.05) is 6.61 Å². The highest BCUT2D eigenvalue weighted by molar-refractivity contribution is 5.79. The maximum absolute atomic E-state index is 12.8. The van der Waals surface area contributed by atoms with Crippen molar-refractivity contribution in [3.05, 3.63) is 54.4 Å². The molecule has 1 aromatic carbocycles. The van der Waals surface area contributed by atoms with Crippen molar-refractivity contribution in [2.24, 2.45) is 0 Å². The Morgan fingerprint density at radius 2 is 1.92 bits per heavy atom.